The summed E-state index contributed by atoms with van der Waals surface area (Å²) in [7, 11) is 0. The molecule has 1 amide bonds. The van der Waals surface area contributed by atoms with Crippen molar-refractivity contribution in [3.8, 4) is 0 Å². The topological polar surface area (TPSA) is 55.1 Å². The predicted molar refractivity (Wildman–Crippen MR) is 67.4 cm³/mol. The van der Waals surface area contributed by atoms with Crippen molar-refractivity contribution >= 4 is 5.91 Å². The van der Waals surface area contributed by atoms with Gasteiger partial charge >= 0.3 is 6.18 Å². The zero-order valence-corrected chi connectivity index (χ0v) is 11.5. The molecule has 0 heterocycles. The van der Waals surface area contributed by atoms with Gasteiger partial charge < -0.3 is 11.1 Å². The van der Waals surface area contributed by atoms with Gasteiger partial charge in [0.1, 0.15) is 0 Å². The van der Waals surface area contributed by atoms with Crippen LogP contribution in [0.15, 0.2) is 0 Å². The summed E-state index contributed by atoms with van der Waals surface area (Å²) >= 11 is 0. The number of carbonyl (C=O) groups is 1. The first-order valence-electron chi connectivity index (χ1n) is 6.82. The van der Waals surface area contributed by atoms with E-state index in [2.05, 4.69) is 5.32 Å². The number of halogens is 3. The maximum atomic E-state index is 12.5. The Balaban J connectivity index is 2.35. The van der Waals surface area contributed by atoms with E-state index in [-0.39, 0.29) is 24.8 Å². The Hall–Kier alpha value is -0.780. The first-order valence-corrected chi connectivity index (χ1v) is 6.82. The number of hydrogen-bond donors (Lipinski definition) is 2. The molecule has 19 heavy (non-hydrogen) atoms. The first kappa shape index (κ1) is 16.3. The number of carbonyl (C=O) groups excluding carboxylic acids is 1. The Morgan fingerprint density at radius 2 is 1.79 bits per heavy atom. The van der Waals surface area contributed by atoms with E-state index in [0.717, 1.165) is 0 Å². The highest BCUT2D eigenvalue weighted by Gasteiger charge is 2.41. The molecule has 6 heteroatoms. The van der Waals surface area contributed by atoms with Gasteiger partial charge in [-0.15, -0.1) is 0 Å². The Morgan fingerprint density at radius 3 is 2.21 bits per heavy atom. The normalized spacial score (nSPS) is 26.3. The SMILES string of the molecule is CC(C)C[C@H](N)C(=O)NC1CCC(C(F)(F)F)CC1. The number of hydrogen-bond acceptors (Lipinski definition) is 2. The van der Waals surface area contributed by atoms with Gasteiger partial charge in [-0.05, 0) is 38.0 Å². The van der Waals surface area contributed by atoms with Crippen LogP contribution in [0.1, 0.15) is 46.0 Å². The van der Waals surface area contributed by atoms with Crippen LogP contribution in [0, 0.1) is 11.8 Å². The van der Waals surface area contributed by atoms with Gasteiger partial charge in [-0.1, -0.05) is 13.8 Å². The van der Waals surface area contributed by atoms with Crippen molar-refractivity contribution in [2.45, 2.75) is 64.2 Å². The zero-order valence-electron chi connectivity index (χ0n) is 11.5. The lowest BCUT2D eigenvalue weighted by Gasteiger charge is -2.31. The Kier molecular flexibility index (Phi) is 5.64. The fraction of sp³-hybridized carbons (Fsp3) is 0.923. The molecular formula is C13H23F3N2O. The van der Waals surface area contributed by atoms with E-state index < -0.39 is 18.1 Å². The monoisotopic (exact) mass is 280 g/mol. The second kappa shape index (κ2) is 6.59. The van der Waals surface area contributed by atoms with E-state index in [1.165, 1.54) is 0 Å². The third-order valence-corrected chi connectivity index (χ3v) is 3.60. The van der Waals surface area contributed by atoms with Crippen molar-refractivity contribution in [3.05, 3.63) is 0 Å². The summed E-state index contributed by atoms with van der Waals surface area (Å²) < 4.78 is 37.5. The molecule has 0 aromatic rings. The van der Waals surface area contributed by atoms with Crippen molar-refractivity contribution in [1.82, 2.24) is 5.32 Å². The van der Waals surface area contributed by atoms with E-state index in [1.807, 2.05) is 13.8 Å². The van der Waals surface area contributed by atoms with Crippen LogP contribution in [0.5, 0.6) is 0 Å². The second-order valence-electron chi connectivity index (χ2n) is 5.83. The summed E-state index contributed by atoms with van der Waals surface area (Å²) in [5, 5.41) is 2.76. The van der Waals surface area contributed by atoms with Crippen LogP contribution in [0.3, 0.4) is 0 Å². The molecule has 112 valence electrons. The molecule has 0 unspecified atom stereocenters. The molecule has 1 aliphatic rings. The fourth-order valence-corrected chi connectivity index (χ4v) is 2.49. The highest BCUT2D eigenvalue weighted by atomic mass is 19.4. The van der Waals surface area contributed by atoms with Crippen LogP contribution in [0.25, 0.3) is 0 Å². The maximum absolute atomic E-state index is 12.5. The lowest BCUT2D eigenvalue weighted by Crippen LogP contribution is -2.47. The first-order chi connectivity index (χ1) is 8.70. The molecule has 3 N–H and O–H groups in total. The van der Waals surface area contributed by atoms with Gasteiger partial charge in [0, 0.05) is 6.04 Å². The average molecular weight is 280 g/mol. The molecule has 0 aromatic carbocycles. The fourth-order valence-electron chi connectivity index (χ4n) is 2.49. The zero-order chi connectivity index (χ0) is 14.6. The average Bonchev–Trinajstić information content (AvgIpc) is 2.27. The van der Waals surface area contributed by atoms with Crippen molar-refractivity contribution in [3.63, 3.8) is 0 Å². The molecule has 0 aromatic heterocycles. The summed E-state index contributed by atoms with van der Waals surface area (Å²) in [6, 6.07) is -0.732. The highest BCUT2D eigenvalue weighted by Crippen LogP contribution is 2.37. The molecule has 1 atom stereocenters. The van der Waals surface area contributed by atoms with Crippen LogP contribution in [0.4, 0.5) is 13.2 Å². The van der Waals surface area contributed by atoms with Crippen LogP contribution in [-0.2, 0) is 4.79 Å². The predicted octanol–water partition coefficient (Wildman–Crippen LogP) is 2.60. The summed E-state index contributed by atoms with van der Waals surface area (Å²) in [6.07, 6.45) is -2.58. The quantitative estimate of drug-likeness (QED) is 0.831. The van der Waals surface area contributed by atoms with E-state index in [4.69, 9.17) is 5.73 Å². The van der Waals surface area contributed by atoms with Crippen molar-refractivity contribution in [1.29, 1.82) is 0 Å². The van der Waals surface area contributed by atoms with Gasteiger partial charge in [0.25, 0.3) is 0 Å². The van der Waals surface area contributed by atoms with Gasteiger partial charge in [0.15, 0.2) is 0 Å². The van der Waals surface area contributed by atoms with Gasteiger partial charge in [0.05, 0.1) is 12.0 Å². The molecular weight excluding hydrogens is 257 g/mol. The molecule has 1 fully saturated rings. The Bertz CT molecular complexity index is 297. The van der Waals surface area contributed by atoms with Crippen LogP contribution in [-0.4, -0.2) is 24.2 Å². The molecule has 1 rings (SSSR count). The molecule has 0 bridgehead atoms. The lowest BCUT2D eigenvalue weighted by atomic mass is 9.85. The summed E-state index contributed by atoms with van der Waals surface area (Å²) in [4.78, 5) is 11.8. The van der Waals surface area contributed by atoms with E-state index in [1.54, 1.807) is 0 Å². The Labute approximate surface area is 112 Å². The van der Waals surface area contributed by atoms with Gasteiger partial charge in [-0.2, -0.15) is 13.2 Å². The van der Waals surface area contributed by atoms with Gasteiger partial charge in [-0.3, -0.25) is 4.79 Å². The van der Waals surface area contributed by atoms with Crippen molar-refractivity contribution in [2.24, 2.45) is 17.6 Å². The van der Waals surface area contributed by atoms with E-state index in [0.29, 0.717) is 25.2 Å². The van der Waals surface area contributed by atoms with E-state index in [9.17, 15) is 18.0 Å². The third kappa shape index (κ3) is 5.38. The molecule has 1 aliphatic carbocycles. The minimum atomic E-state index is -4.11. The second-order valence-corrected chi connectivity index (χ2v) is 5.83. The number of nitrogens with two attached hydrogens (primary N) is 1. The van der Waals surface area contributed by atoms with Gasteiger partial charge in [0.2, 0.25) is 5.91 Å². The molecule has 1 saturated carbocycles. The van der Waals surface area contributed by atoms with Crippen LogP contribution >= 0.6 is 0 Å². The Morgan fingerprint density at radius 1 is 1.26 bits per heavy atom. The molecule has 0 spiro atoms. The molecule has 0 saturated heterocycles. The van der Waals surface area contributed by atoms with Crippen molar-refractivity contribution < 1.29 is 18.0 Å². The molecule has 0 aliphatic heterocycles. The highest BCUT2D eigenvalue weighted by molar-refractivity contribution is 5.81. The van der Waals surface area contributed by atoms with Crippen LogP contribution in [0.2, 0.25) is 0 Å². The largest absolute Gasteiger partial charge is 0.391 e. The molecule has 0 radical (unpaired) electrons. The minimum Gasteiger partial charge on any atom is -0.352 e. The maximum Gasteiger partial charge on any atom is 0.391 e. The van der Waals surface area contributed by atoms with Gasteiger partial charge in [-0.25, -0.2) is 0 Å². The number of alkyl halides is 3. The molecule has 3 nitrogen and oxygen atoms in total. The standard InChI is InChI=1S/C13H23F3N2O/c1-8(2)7-11(17)12(19)18-10-5-3-9(4-6-10)13(14,15)16/h8-11H,3-7,17H2,1-2H3,(H,18,19)/t9?,10?,11-/m0/s1. The summed E-state index contributed by atoms with van der Waals surface area (Å²) in [5.74, 6) is -1.14. The summed E-state index contributed by atoms with van der Waals surface area (Å²) in [6.45, 7) is 3.95. The summed E-state index contributed by atoms with van der Waals surface area (Å²) in [5.41, 5.74) is 5.74. The smallest absolute Gasteiger partial charge is 0.352 e. The number of nitrogens with one attached hydrogen (secondary N) is 1. The lowest BCUT2D eigenvalue weighted by molar-refractivity contribution is -0.182. The van der Waals surface area contributed by atoms with E-state index >= 15 is 0 Å². The number of amides is 1. The van der Waals surface area contributed by atoms with Crippen molar-refractivity contribution in [2.75, 3.05) is 0 Å². The number of rotatable bonds is 4. The van der Waals surface area contributed by atoms with Crippen LogP contribution < -0.4 is 11.1 Å². The minimum absolute atomic E-state index is 0.0911. The third-order valence-electron chi connectivity index (χ3n) is 3.60.